The normalized spacial score (nSPS) is 38.0. The Labute approximate surface area is 166 Å². The van der Waals surface area contributed by atoms with Crippen LogP contribution in [-0.4, -0.2) is 39.0 Å². The van der Waals surface area contributed by atoms with Gasteiger partial charge in [-0.3, -0.25) is 0 Å². The molecule has 3 rings (SSSR count). The Morgan fingerprint density at radius 3 is 1.89 bits per heavy atom. The number of rotatable bonds is 9. The highest BCUT2D eigenvalue weighted by atomic mass is 16.7. The predicted molar refractivity (Wildman–Crippen MR) is 107 cm³/mol. The molecule has 1 saturated carbocycles. The van der Waals surface area contributed by atoms with Crippen LogP contribution in [0.25, 0.3) is 0 Å². The average Bonchev–Trinajstić information content (AvgIpc) is 2.74. The van der Waals surface area contributed by atoms with E-state index in [9.17, 15) is 0 Å². The Bertz CT molecular complexity index is 378. The van der Waals surface area contributed by atoms with Crippen molar-refractivity contribution >= 4 is 0 Å². The lowest BCUT2D eigenvalue weighted by Gasteiger charge is -2.38. The topological polar surface area (TPSA) is 36.9 Å². The van der Waals surface area contributed by atoms with E-state index in [2.05, 4.69) is 13.8 Å². The van der Waals surface area contributed by atoms with Gasteiger partial charge in [-0.1, -0.05) is 52.4 Å². The molecule has 0 aromatic heterocycles. The van der Waals surface area contributed by atoms with Gasteiger partial charge < -0.3 is 18.9 Å². The van der Waals surface area contributed by atoms with Crippen LogP contribution >= 0.6 is 0 Å². The molecule has 1 aliphatic carbocycles. The third-order valence-electron chi connectivity index (χ3n) is 6.91. The lowest BCUT2D eigenvalue weighted by Crippen LogP contribution is -2.39. The number of unbranched alkanes of at least 4 members (excludes halogenated alkanes) is 2. The van der Waals surface area contributed by atoms with E-state index < -0.39 is 0 Å². The van der Waals surface area contributed by atoms with Gasteiger partial charge in [0.05, 0.1) is 26.4 Å². The summed E-state index contributed by atoms with van der Waals surface area (Å²) in [5, 5.41) is 0. The van der Waals surface area contributed by atoms with E-state index in [1.807, 2.05) is 0 Å². The highest BCUT2D eigenvalue weighted by Gasteiger charge is 2.32. The largest absolute Gasteiger partial charge is 0.352 e. The summed E-state index contributed by atoms with van der Waals surface area (Å²) in [4.78, 5) is 0. The molecule has 2 heterocycles. The molecule has 158 valence electrons. The fourth-order valence-electron chi connectivity index (χ4n) is 4.84. The van der Waals surface area contributed by atoms with E-state index in [1.165, 1.54) is 57.8 Å². The van der Waals surface area contributed by atoms with Gasteiger partial charge in [-0.05, 0) is 38.0 Å². The number of ether oxygens (including phenoxy) is 4. The molecule has 0 N–H and O–H groups in total. The van der Waals surface area contributed by atoms with E-state index in [1.54, 1.807) is 0 Å². The first-order chi connectivity index (χ1) is 13.3. The molecule has 3 fully saturated rings. The molecule has 0 bridgehead atoms. The van der Waals surface area contributed by atoms with Crippen molar-refractivity contribution in [3.05, 3.63) is 0 Å². The lowest BCUT2D eigenvalue weighted by molar-refractivity contribution is -0.236. The highest BCUT2D eigenvalue weighted by molar-refractivity contribution is 4.77. The molecule has 0 aromatic rings. The van der Waals surface area contributed by atoms with Crippen LogP contribution in [0.1, 0.15) is 84.5 Å². The molecule has 0 atom stereocenters. The fraction of sp³-hybridized carbons (Fsp3) is 1.00. The summed E-state index contributed by atoms with van der Waals surface area (Å²) < 4.78 is 24.1. The SMILES string of the molecule is CCCCC[C@H]1CO[C@H](CC[C@H]2CO[C@H]([C@H]3CC[C@H](CC)CC3)OC2)OC1. The standard InChI is InChI=1S/C23H42O4/c1-3-5-6-7-19-14-24-22(25-15-19)13-10-20-16-26-23(27-17-20)21-11-8-18(4-2)9-12-21/h18-23H,3-17H2,1-2H3/t18-,19-,20-,21-,22-,23-. The summed E-state index contributed by atoms with van der Waals surface area (Å²) in [6, 6.07) is 0. The minimum absolute atomic E-state index is 0.0190. The Kier molecular flexibility index (Phi) is 9.37. The van der Waals surface area contributed by atoms with Crippen molar-refractivity contribution in [2.24, 2.45) is 23.7 Å². The van der Waals surface area contributed by atoms with E-state index in [-0.39, 0.29) is 12.6 Å². The Morgan fingerprint density at radius 1 is 0.630 bits per heavy atom. The maximum absolute atomic E-state index is 6.11. The van der Waals surface area contributed by atoms with E-state index >= 15 is 0 Å². The van der Waals surface area contributed by atoms with Gasteiger partial charge >= 0.3 is 0 Å². The van der Waals surface area contributed by atoms with Gasteiger partial charge in [0.15, 0.2) is 12.6 Å². The van der Waals surface area contributed by atoms with Gasteiger partial charge in [0.25, 0.3) is 0 Å². The van der Waals surface area contributed by atoms with Crippen LogP contribution in [0.2, 0.25) is 0 Å². The van der Waals surface area contributed by atoms with Crippen LogP contribution in [0.15, 0.2) is 0 Å². The number of hydrogen-bond donors (Lipinski definition) is 0. The van der Waals surface area contributed by atoms with Crippen molar-refractivity contribution in [3.63, 3.8) is 0 Å². The van der Waals surface area contributed by atoms with Gasteiger partial charge in [0.2, 0.25) is 0 Å². The molecule has 0 unspecified atom stereocenters. The quantitative estimate of drug-likeness (QED) is 0.491. The third kappa shape index (κ3) is 6.99. The zero-order valence-electron chi connectivity index (χ0n) is 17.7. The summed E-state index contributed by atoms with van der Waals surface area (Å²) >= 11 is 0. The van der Waals surface area contributed by atoms with Gasteiger partial charge in [0, 0.05) is 17.8 Å². The van der Waals surface area contributed by atoms with Crippen molar-refractivity contribution in [1.82, 2.24) is 0 Å². The summed E-state index contributed by atoms with van der Waals surface area (Å²) in [5.41, 5.74) is 0. The van der Waals surface area contributed by atoms with Crippen LogP contribution < -0.4 is 0 Å². The molecule has 2 aliphatic heterocycles. The minimum atomic E-state index is -0.0190. The maximum Gasteiger partial charge on any atom is 0.160 e. The molecular weight excluding hydrogens is 340 g/mol. The van der Waals surface area contributed by atoms with Gasteiger partial charge in [0.1, 0.15) is 0 Å². The highest BCUT2D eigenvalue weighted by Crippen LogP contribution is 2.35. The summed E-state index contributed by atoms with van der Waals surface area (Å²) in [6.07, 6.45) is 13.8. The second-order valence-corrected chi connectivity index (χ2v) is 9.13. The second-order valence-electron chi connectivity index (χ2n) is 9.13. The van der Waals surface area contributed by atoms with Crippen LogP contribution in [0.4, 0.5) is 0 Å². The van der Waals surface area contributed by atoms with E-state index in [4.69, 9.17) is 18.9 Å². The lowest BCUT2D eigenvalue weighted by atomic mass is 9.80. The Morgan fingerprint density at radius 2 is 1.26 bits per heavy atom. The first-order valence-corrected chi connectivity index (χ1v) is 11.7. The molecule has 0 spiro atoms. The van der Waals surface area contributed by atoms with Crippen molar-refractivity contribution < 1.29 is 18.9 Å². The average molecular weight is 383 g/mol. The van der Waals surface area contributed by atoms with Crippen molar-refractivity contribution in [2.75, 3.05) is 26.4 Å². The Hall–Kier alpha value is -0.160. The van der Waals surface area contributed by atoms with Crippen LogP contribution in [-0.2, 0) is 18.9 Å². The van der Waals surface area contributed by atoms with Gasteiger partial charge in [-0.2, -0.15) is 0 Å². The van der Waals surface area contributed by atoms with Crippen LogP contribution in [0.3, 0.4) is 0 Å². The Balaban J connectivity index is 1.25. The molecule has 4 nitrogen and oxygen atoms in total. The zero-order chi connectivity index (χ0) is 18.9. The fourth-order valence-corrected chi connectivity index (χ4v) is 4.84. The molecule has 4 heteroatoms. The van der Waals surface area contributed by atoms with E-state index in [0.29, 0.717) is 17.8 Å². The van der Waals surface area contributed by atoms with Crippen LogP contribution in [0, 0.1) is 23.7 Å². The molecule has 27 heavy (non-hydrogen) atoms. The van der Waals surface area contributed by atoms with Gasteiger partial charge in [-0.25, -0.2) is 0 Å². The second kappa shape index (κ2) is 11.7. The summed E-state index contributed by atoms with van der Waals surface area (Å²) in [5.74, 6) is 2.63. The summed E-state index contributed by atoms with van der Waals surface area (Å²) in [6.45, 7) is 7.98. The number of hydrogen-bond acceptors (Lipinski definition) is 4. The zero-order valence-corrected chi connectivity index (χ0v) is 17.7. The predicted octanol–water partition coefficient (Wildman–Crippen LogP) is 5.54. The third-order valence-corrected chi connectivity index (χ3v) is 6.91. The van der Waals surface area contributed by atoms with Crippen molar-refractivity contribution in [2.45, 2.75) is 97.1 Å². The minimum Gasteiger partial charge on any atom is -0.352 e. The maximum atomic E-state index is 6.11. The molecule has 3 aliphatic rings. The van der Waals surface area contributed by atoms with Gasteiger partial charge in [-0.15, -0.1) is 0 Å². The summed E-state index contributed by atoms with van der Waals surface area (Å²) in [7, 11) is 0. The first kappa shape index (κ1) is 21.5. The monoisotopic (exact) mass is 382 g/mol. The first-order valence-electron chi connectivity index (χ1n) is 11.7. The molecule has 0 amide bonds. The van der Waals surface area contributed by atoms with Crippen molar-refractivity contribution in [1.29, 1.82) is 0 Å². The molecular formula is C23H42O4. The van der Waals surface area contributed by atoms with Crippen LogP contribution in [0.5, 0.6) is 0 Å². The molecule has 0 aromatic carbocycles. The molecule has 2 saturated heterocycles. The molecule has 0 radical (unpaired) electrons. The van der Waals surface area contributed by atoms with Crippen molar-refractivity contribution in [3.8, 4) is 0 Å². The van der Waals surface area contributed by atoms with E-state index in [0.717, 1.165) is 45.2 Å². The smallest absolute Gasteiger partial charge is 0.160 e.